The van der Waals surface area contributed by atoms with Crippen molar-refractivity contribution in [2.24, 2.45) is 0 Å². The first-order chi connectivity index (χ1) is 14.6. The molecule has 0 aliphatic carbocycles. The van der Waals surface area contributed by atoms with Gasteiger partial charge >= 0.3 is 6.18 Å². The number of ether oxygens (including phenoxy) is 2. The van der Waals surface area contributed by atoms with Crippen LogP contribution in [0.5, 0.6) is 5.75 Å². The predicted molar refractivity (Wildman–Crippen MR) is 106 cm³/mol. The Kier molecular flexibility index (Phi) is 6.21. The van der Waals surface area contributed by atoms with Gasteiger partial charge in [0, 0.05) is 31.4 Å². The minimum absolute atomic E-state index is 0.158. The van der Waals surface area contributed by atoms with E-state index in [4.69, 9.17) is 9.47 Å². The number of amides is 1. The predicted octanol–water partition coefficient (Wildman–Crippen LogP) is 2.83. The second-order valence-electron chi connectivity index (χ2n) is 7.44. The molecule has 0 fully saturated rings. The van der Waals surface area contributed by atoms with E-state index in [1.807, 2.05) is 31.1 Å². The fourth-order valence-electron chi connectivity index (χ4n) is 3.19. The summed E-state index contributed by atoms with van der Waals surface area (Å²) in [5, 5.41) is 2.43. The molecule has 1 aromatic carbocycles. The summed E-state index contributed by atoms with van der Waals surface area (Å²) < 4.78 is 51.0. The molecule has 0 saturated heterocycles. The summed E-state index contributed by atoms with van der Waals surface area (Å²) in [4.78, 5) is 29.7. The zero-order valence-corrected chi connectivity index (χ0v) is 17.2. The van der Waals surface area contributed by atoms with E-state index in [9.17, 15) is 22.8 Å². The van der Waals surface area contributed by atoms with Gasteiger partial charge in [0.15, 0.2) is 5.60 Å². The van der Waals surface area contributed by atoms with Crippen LogP contribution in [0, 0.1) is 0 Å². The van der Waals surface area contributed by atoms with Crippen molar-refractivity contribution in [3.05, 3.63) is 53.3 Å². The number of carbonyl (C=O) groups is 2. The zero-order valence-electron chi connectivity index (χ0n) is 17.2. The van der Waals surface area contributed by atoms with Crippen LogP contribution in [0.4, 0.5) is 18.9 Å². The van der Waals surface area contributed by atoms with E-state index in [0.717, 1.165) is 18.7 Å². The molecule has 0 radical (unpaired) electrons. The molecule has 7 nitrogen and oxygen atoms in total. The van der Waals surface area contributed by atoms with Crippen molar-refractivity contribution >= 4 is 17.9 Å². The van der Waals surface area contributed by atoms with Gasteiger partial charge in [-0.3, -0.25) is 9.78 Å². The first kappa shape index (κ1) is 22.5. The van der Waals surface area contributed by atoms with E-state index in [2.05, 4.69) is 10.3 Å². The van der Waals surface area contributed by atoms with E-state index in [-0.39, 0.29) is 30.0 Å². The standard InChI is InChI=1S/C21H22F3N3O4/c1-20(21(22,23)24)15-8-16(25-9-13(15)11-31-20)19(29)26-14(10-28)12-30-18-7-5-4-6-17(18)27(2)3/h4-10,14H,11-12H2,1-3H3,(H,26,29)/t14-,20?/m1/s1. The fraction of sp³-hybridized carbons (Fsp3) is 0.381. The minimum atomic E-state index is -4.66. The first-order valence-corrected chi connectivity index (χ1v) is 9.42. The molecule has 1 N–H and O–H groups in total. The molecule has 3 rings (SSSR count). The van der Waals surface area contributed by atoms with E-state index in [1.54, 1.807) is 12.1 Å². The third-order valence-electron chi connectivity index (χ3n) is 5.04. The molecule has 1 aliphatic rings. The van der Waals surface area contributed by atoms with Crippen LogP contribution in [0.25, 0.3) is 0 Å². The summed E-state index contributed by atoms with van der Waals surface area (Å²) in [6, 6.07) is 7.18. The second kappa shape index (κ2) is 8.54. The highest BCUT2D eigenvalue weighted by atomic mass is 19.4. The minimum Gasteiger partial charge on any atom is -0.489 e. The highest BCUT2D eigenvalue weighted by Gasteiger charge is 2.57. The molecule has 1 aromatic heterocycles. The van der Waals surface area contributed by atoms with Crippen LogP contribution in [0.15, 0.2) is 36.5 Å². The maximum Gasteiger partial charge on any atom is 0.421 e. The second-order valence-corrected chi connectivity index (χ2v) is 7.44. The van der Waals surface area contributed by atoms with Crippen molar-refractivity contribution in [3.8, 4) is 5.75 Å². The third-order valence-corrected chi connectivity index (χ3v) is 5.04. The van der Waals surface area contributed by atoms with Crippen molar-refractivity contribution in [2.75, 3.05) is 25.6 Å². The number of benzene rings is 1. The molecule has 2 heterocycles. The number of aldehydes is 1. The highest BCUT2D eigenvalue weighted by Crippen LogP contribution is 2.47. The molecular weight excluding hydrogens is 415 g/mol. The van der Waals surface area contributed by atoms with Crippen LogP contribution < -0.4 is 15.0 Å². The molecule has 10 heteroatoms. The van der Waals surface area contributed by atoms with E-state index in [1.165, 1.54) is 6.20 Å². The number of hydrogen-bond donors (Lipinski definition) is 1. The van der Waals surface area contributed by atoms with Crippen molar-refractivity contribution in [1.82, 2.24) is 10.3 Å². The Hall–Kier alpha value is -3.14. The lowest BCUT2D eigenvalue weighted by Gasteiger charge is -2.27. The Morgan fingerprint density at radius 3 is 2.74 bits per heavy atom. The number of nitrogens with one attached hydrogen (secondary N) is 1. The average Bonchev–Trinajstić information content (AvgIpc) is 3.08. The molecule has 0 saturated carbocycles. The topological polar surface area (TPSA) is 80.8 Å². The number of rotatable bonds is 7. The van der Waals surface area contributed by atoms with Crippen LogP contribution in [-0.4, -0.2) is 50.1 Å². The van der Waals surface area contributed by atoms with Crippen LogP contribution in [0.3, 0.4) is 0 Å². The lowest BCUT2D eigenvalue weighted by Crippen LogP contribution is -2.41. The number of pyridine rings is 1. The highest BCUT2D eigenvalue weighted by molar-refractivity contribution is 5.94. The summed E-state index contributed by atoms with van der Waals surface area (Å²) >= 11 is 0. The van der Waals surface area contributed by atoms with Crippen molar-refractivity contribution in [2.45, 2.75) is 31.3 Å². The Labute approximate surface area is 177 Å². The normalized spacial score (nSPS) is 18.8. The summed E-state index contributed by atoms with van der Waals surface area (Å²) in [5.41, 5.74) is -1.90. The van der Waals surface area contributed by atoms with Crippen molar-refractivity contribution in [1.29, 1.82) is 0 Å². The summed E-state index contributed by atoms with van der Waals surface area (Å²) in [6.07, 6.45) is -2.99. The maximum atomic E-state index is 13.5. The van der Waals surface area contributed by atoms with Crippen molar-refractivity contribution < 1.29 is 32.2 Å². The summed E-state index contributed by atoms with van der Waals surface area (Å²) in [6.45, 7) is 0.496. The van der Waals surface area contributed by atoms with Crippen LogP contribution in [-0.2, 0) is 21.7 Å². The quantitative estimate of drug-likeness (QED) is 0.671. The van der Waals surface area contributed by atoms with E-state index < -0.39 is 23.7 Å². The number of anilines is 1. The molecule has 1 unspecified atom stereocenters. The molecule has 2 atom stereocenters. The van der Waals surface area contributed by atoms with Gasteiger partial charge in [0.05, 0.1) is 12.3 Å². The number of nitrogens with zero attached hydrogens (tertiary/aromatic N) is 2. The van der Waals surface area contributed by atoms with Gasteiger partial charge in [-0.1, -0.05) is 12.1 Å². The molecule has 0 spiro atoms. The molecular formula is C21H22F3N3O4. The maximum absolute atomic E-state index is 13.5. The van der Waals surface area contributed by atoms with E-state index in [0.29, 0.717) is 12.0 Å². The number of para-hydroxylation sites is 2. The van der Waals surface area contributed by atoms with Gasteiger partial charge in [-0.2, -0.15) is 13.2 Å². The van der Waals surface area contributed by atoms with Crippen LogP contribution in [0.2, 0.25) is 0 Å². The average molecular weight is 437 g/mol. The number of hydrogen-bond acceptors (Lipinski definition) is 6. The monoisotopic (exact) mass is 437 g/mol. The van der Waals surface area contributed by atoms with Crippen molar-refractivity contribution in [3.63, 3.8) is 0 Å². The molecule has 1 aliphatic heterocycles. The fourth-order valence-corrected chi connectivity index (χ4v) is 3.19. The van der Waals surface area contributed by atoms with Gasteiger partial charge in [0.1, 0.15) is 30.4 Å². The van der Waals surface area contributed by atoms with Gasteiger partial charge < -0.3 is 24.5 Å². The molecule has 0 bridgehead atoms. The van der Waals surface area contributed by atoms with Crippen LogP contribution in [0.1, 0.15) is 28.5 Å². The molecule has 166 valence electrons. The number of halogens is 3. The lowest BCUT2D eigenvalue weighted by molar-refractivity contribution is -0.272. The van der Waals surface area contributed by atoms with Crippen LogP contribution >= 0.6 is 0 Å². The van der Waals surface area contributed by atoms with Gasteiger partial charge in [-0.05, 0) is 25.1 Å². The number of aromatic nitrogens is 1. The number of alkyl halides is 3. The summed E-state index contributed by atoms with van der Waals surface area (Å²) in [7, 11) is 3.66. The Balaban J connectivity index is 1.73. The Morgan fingerprint density at radius 1 is 1.39 bits per heavy atom. The molecule has 31 heavy (non-hydrogen) atoms. The zero-order chi connectivity index (χ0) is 22.8. The number of fused-ring (bicyclic) bond motifs is 1. The third kappa shape index (κ3) is 4.48. The lowest BCUT2D eigenvalue weighted by atomic mass is 9.94. The van der Waals surface area contributed by atoms with Gasteiger partial charge in [-0.25, -0.2) is 0 Å². The molecule has 1 amide bonds. The SMILES string of the molecule is CN(C)c1ccccc1OC[C@@H](C=O)NC(=O)c1cc2c(cn1)COC2(C)C(F)(F)F. The van der Waals surface area contributed by atoms with Gasteiger partial charge in [-0.15, -0.1) is 0 Å². The Morgan fingerprint density at radius 2 is 2.10 bits per heavy atom. The van der Waals surface area contributed by atoms with Gasteiger partial charge in [0.25, 0.3) is 5.91 Å². The Bertz CT molecular complexity index is 981. The van der Waals surface area contributed by atoms with Gasteiger partial charge in [0.2, 0.25) is 0 Å². The number of carbonyl (C=O) groups excluding carboxylic acids is 2. The summed E-state index contributed by atoms with van der Waals surface area (Å²) in [5.74, 6) is -0.275. The first-order valence-electron chi connectivity index (χ1n) is 9.42. The smallest absolute Gasteiger partial charge is 0.421 e. The largest absolute Gasteiger partial charge is 0.489 e. The van der Waals surface area contributed by atoms with E-state index >= 15 is 0 Å². The molecule has 2 aromatic rings.